The van der Waals surface area contributed by atoms with Crippen molar-refractivity contribution in [2.45, 2.75) is 58.4 Å². The highest BCUT2D eigenvalue weighted by Gasteiger charge is 2.30. The standard InChI is InChI=1S/C25H27F6N3O2/c1-14-21(19(13-26)23(28)15(2)22(14)27)16-3-5-17(6-4-16)32-24(36)33-18-8-11-34(12-9-18)20(35)7-10-25(29,30)31/h3-6,18H,7-13H2,1-2H3,(H2,32,33,36). The molecule has 1 saturated heterocycles. The minimum Gasteiger partial charge on any atom is -0.343 e. The van der Waals surface area contributed by atoms with E-state index >= 15 is 0 Å². The topological polar surface area (TPSA) is 61.4 Å². The van der Waals surface area contributed by atoms with Crippen LogP contribution in [0.1, 0.15) is 42.4 Å². The maximum Gasteiger partial charge on any atom is 0.389 e. The van der Waals surface area contributed by atoms with Crippen molar-refractivity contribution < 1.29 is 35.9 Å². The number of carbonyl (C=O) groups is 2. The summed E-state index contributed by atoms with van der Waals surface area (Å²) in [6.45, 7) is 2.09. The normalized spacial score (nSPS) is 14.6. The molecule has 0 atom stereocenters. The molecule has 0 saturated carbocycles. The van der Waals surface area contributed by atoms with Gasteiger partial charge in [-0.05, 0) is 55.5 Å². The molecule has 0 aromatic heterocycles. The molecule has 0 aliphatic carbocycles. The van der Waals surface area contributed by atoms with Gasteiger partial charge in [0.25, 0.3) is 0 Å². The Morgan fingerprint density at radius 2 is 1.61 bits per heavy atom. The van der Waals surface area contributed by atoms with E-state index in [-0.39, 0.29) is 41.4 Å². The van der Waals surface area contributed by atoms with Crippen LogP contribution in [0.3, 0.4) is 0 Å². The largest absolute Gasteiger partial charge is 0.389 e. The summed E-state index contributed by atoms with van der Waals surface area (Å²) in [4.78, 5) is 25.7. The molecule has 196 valence electrons. The zero-order chi connectivity index (χ0) is 26.6. The van der Waals surface area contributed by atoms with Gasteiger partial charge in [0, 0.05) is 42.4 Å². The molecule has 1 aliphatic rings. The predicted octanol–water partition coefficient (Wildman–Crippen LogP) is 6.17. The number of halogens is 6. The number of hydrogen-bond acceptors (Lipinski definition) is 2. The Morgan fingerprint density at radius 1 is 1.00 bits per heavy atom. The van der Waals surface area contributed by atoms with Gasteiger partial charge in [-0.25, -0.2) is 18.0 Å². The van der Waals surface area contributed by atoms with Gasteiger partial charge >= 0.3 is 12.2 Å². The third-order valence-corrected chi connectivity index (χ3v) is 6.30. The lowest BCUT2D eigenvalue weighted by Crippen LogP contribution is -2.47. The molecule has 2 N–H and O–H groups in total. The lowest BCUT2D eigenvalue weighted by atomic mass is 9.92. The molecule has 2 aromatic carbocycles. The molecule has 0 bridgehead atoms. The van der Waals surface area contributed by atoms with E-state index in [2.05, 4.69) is 10.6 Å². The summed E-state index contributed by atoms with van der Waals surface area (Å²) in [5.74, 6) is -2.23. The first-order valence-electron chi connectivity index (χ1n) is 11.5. The molecule has 3 amide bonds. The van der Waals surface area contributed by atoms with Crippen LogP contribution in [0.15, 0.2) is 24.3 Å². The zero-order valence-corrected chi connectivity index (χ0v) is 19.9. The minimum absolute atomic E-state index is 0.128. The SMILES string of the molecule is Cc1c(F)c(C)c(-c2ccc(NC(=O)NC3CCN(C(=O)CCC(F)(F)F)CC3)cc2)c(CF)c1F. The highest BCUT2D eigenvalue weighted by atomic mass is 19.4. The van der Waals surface area contributed by atoms with Gasteiger partial charge in [-0.3, -0.25) is 4.79 Å². The van der Waals surface area contributed by atoms with Gasteiger partial charge in [0.05, 0.1) is 6.42 Å². The van der Waals surface area contributed by atoms with Crippen LogP contribution in [-0.2, 0) is 11.5 Å². The number of amides is 3. The van der Waals surface area contributed by atoms with E-state index in [4.69, 9.17) is 0 Å². The van der Waals surface area contributed by atoms with Crippen LogP contribution >= 0.6 is 0 Å². The van der Waals surface area contributed by atoms with E-state index in [1.165, 1.54) is 43.0 Å². The smallest absolute Gasteiger partial charge is 0.343 e. The van der Waals surface area contributed by atoms with E-state index in [0.29, 0.717) is 24.1 Å². The van der Waals surface area contributed by atoms with Gasteiger partial charge in [-0.15, -0.1) is 0 Å². The first-order chi connectivity index (χ1) is 16.9. The minimum atomic E-state index is -4.38. The second-order valence-electron chi connectivity index (χ2n) is 8.81. The Morgan fingerprint density at radius 3 is 2.17 bits per heavy atom. The number of nitrogens with zero attached hydrogens (tertiary/aromatic N) is 1. The average Bonchev–Trinajstić information content (AvgIpc) is 2.84. The van der Waals surface area contributed by atoms with Gasteiger partial charge in [0.1, 0.15) is 18.3 Å². The Labute approximate surface area is 204 Å². The van der Waals surface area contributed by atoms with Crippen LogP contribution in [0, 0.1) is 25.5 Å². The average molecular weight is 515 g/mol. The molecule has 3 rings (SSSR count). The Hall–Kier alpha value is -3.24. The number of nitrogens with one attached hydrogen (secondary N) is 2. The molecule has 0 unspecified atom stereocenters. The highest BCUT2D eigenvalue weighted by Crippen LogP contribution is 2.34. The summed E-state index contributed by atoms with van der Waals surface area (Å²) in [6.07, 6.45) is -5.33. The summed E-state index contributed by atoms with van der Waals surface area (Å²) in [5.41, 5.74) is 0.576. The fourth-order valence-corrected chi connectivity index (χ4v) is 4.32. The molecule has 2 aromatic rings. The molecule has 1 fully saturated rings. The van der Waals surface area contributed by atoms with Crippen molar-refractivity contribution in [1.29, 1.82) is 0 Å². The fourth-order valence-electron chi connectivity index (χ4n) is 4.32. The van der Waals surface area contributed by atoms with Crippen LogP contribution in [0.25, 0.3) is 11.1 Å². The van der Waals surface area contributed by atoms with E-state index in [1.807, 2.05) is 0 Å². The molecule has 11 heteroatoms. The Bertz CT molecular complexity index is 1110. The van der Waals surface area contributed by atoms with Crippen LogP contribution in [0.2, 0.25) is 0 Å². The second-order valence-corrected chi connectivity index (χ2v) is 8.81. The van der Waals surface area contributed by atoms with Crippen LogP contribution in [0.5, 0.6) is 0 Å². The molecule has 5 nitrogen and oxygen atoms in total. The maximum atomic E-state index is 14.4. The van der Waals surface area contributed by atoms with Crippen molar-refractivity contribution in [3.05, 3.63) is 52.6 Å². The van der Waals surface area contributed by atoms with Gasteiger partial charge in [-0.2, -0.15) is 13.2 Å². The van der Waals surface area contributed by atoms with Crippen molar-refractivity contribution >= 4 is 17.6 Å². The zero-order valence-electron chi connectivity index (χ0n) is 19.9. The Kier molecular flexibility index (Phi) is 8.52. The van der Waals surface area contributed by atoms with E-state index in [0.717, 1.165) is 0 Å². The number of likely N-dealkylation sites (tertiary alicyclic amines) is 1. The predicted molar refractivity (Wildman–Crippen MR) is 123 cm³/mol. The summed E-state index contributed by atoms with van der Waals surface area (Å²) in [6, 6.07) is 5.32. The number of anilines is 1. The third kappa shape index (κ3) is 6.50. The quantitative estimate of drug-likeness (QED) is 0.452. The lowest BCUT2D eigenvalue weighted by molar-refractivity contribution is -0.149. The first kappa shape index (κ1) is 27.3. The van der Waals surface area contributed by atoms with Gasteiger partial charge in [0.2, 0.25) is 5.91 Å². The Balaban J connectivity index is 1.56. The van der Waals surface area contributed by atoms with E-state index in [9.17, 15) is 35.9 Å². The summed E-state index contributed by atoms with van der Waals surface area (Å²) < 4.78 is 79.3. The fraction of sp³-hybridized carbons (Fsp3) is 0.440. The molecule has 1 heterocycles. The van der Waals surface area contributed by atoms with E-state index < -0.39 is 49.3 Å². The number of rotatable bonds is 6. The molecular weight excluding hydrogens is 488 g/mol. The molecule has 0 spiro atoms. The van der Waals surface area contributed by atoms with Crippen LogP contribution in [0.4, 0.5) is 36.8 Å². The lowest BCUT2D eigenvalue weighted by Gasteiger charge is -2.32. The number of urea groups is 1. The van der Waals surface area contributed by atoms with Crippen molar-refractivity contribution in [1.82, 2.24) is 10.2 Å². The van der Waals surface area contributed by atoms with Crippen LogP contribution < -0.4 is 10.6 Å². The number of carbonyl (C=O) groups excluding carboxylic acids is 2. The number of piperidine rings is 1. The summed E-state index contributed by atoms with van der Waals surface area (Å²) >= 11 is 0. The molecule has 0 radical (unpaired) electrons. The van der Waals surface area contributed by atoms with Crippen molar-refractivity contribution in [3.63, 3.8) is 0 Å². The van der Waals surface area contributed by atoms with Crippen molar-refractivity contribution in [2.75, 3.05) is 18.4 Å². The van der Waals surface area contributed by atoms with Gasteiger partial charge in [-0.1, -0.05) is 12.1 Å². The van der Waals surface area contributed by atoms with E-state index in [1.54, 1.807) is 0 Å². The number of benzene rings is 2. The molecular formula is C25H27F6N3O2. The summed E-state index contributed by atoms with van der Waals surface area (Å²) in [5, 5.41) is 5.40. The molecule has 1 aliphatic heterocycles. The van der Waals surface area contributed by atoms with Crippen molar-refractivity contribution in [2.24, 2.45) is 0 Å². The molecule has 36 heavy (non-hydrogen) atoms. The maximum absolute atomic E-state index is 14.4. The highest BCUT2D eigenvalue weighted by molar-refractivity contribution is 5.90. The number of hydrogen-bond donors (Lipinski definition) is 2. The monoisotopic (exact) mass is 515 g/mol. The van der Waals surface area contributed by atoms with Gasteiger partial charge < -0.3 is 15.5 Å². The number of alkyl halides is 4. The third-order valence-electron chi connectivity index (χ3n) is 6.30. The van der Waals surface area contributed by atoms with Crippen molar-refractivity contribution in [3.8, 4) is 11.1 Å². The second kappa shape index (κ2) is 11.2. The van der Waals surface area contributed by atoms with Crippen LogP contribution in [-0.4, -0.2) is 42.1 Å². The van der Waals surface area contributed by atoms with Gasteiger partial charge in [0.15, 0.2) is 0 Å². The summed E-state index contributed by atoms with van der Waals surface area (Å²) in [7, 11) is 0. The first-order valence-corrected chi connectivity index (χ1v) is 11.5.